The van der Waals surface area contributed by atoms with E-state index in [4.69, 9.17) is 0 Å². The summed E-state index contributed by atoms with van der Waals surface area (Å²) in [4.78, 5) is 5.33. The van der Waals surface area contributed by atoms with Gasteiger partial charge in [0.2, 0.25) is 0 Å². The molecule has 0 saturated carbocycles. The summed E-state index contributed by atoms with van der Waals surface area (Å²) in [5, 5.41) is 10.9. The molecule has 0 unspecified atom stereocenters. The summed E-state index contributed by atoms with van der Waals surface area (Å²) < 4.78 is 0. The van der Waals surface area contributed by atoms with Crippen molar-refractivity contribution in [3.63, 3.8) is 0 Å². The van der Waals surface area contributed by atoms with Gasteiger partial charge in [0, 0.05) is 31.7 Å². The molecule has 26 heavy (non-hydrogen) atoms. The van der Waals surface area contributed by atoms with Crippen LogP contribution in [0, 0.1) is 0 Å². The van der Waals surface area contributed by atoms with E-state index in [1.54, 1.807) is 0 Å². The van der Waals surface area contributed by atoms with Crippen LogP contribution in [0.5, 0.6) is 5.75 Å². The van der Waals surface area contributed by atoms with Gasteiger partial charge in [-0.1, -0.05) is 53.7 Å². The molecule has 2 atom stereocenters. The van der Waals surface area contributed by atoms with Gasteiger partial charge in [0.15, 0.2) is 0 Å². The van der Waals surface area contributed by atoms with Crippen molar-refractivity contribution in [1.29, 1.82) is 0 Å². The number of hydrogen-bond acceptors (Lipinski definition) is 3. The second-order valence-corrected chi connectivity index (χ2v) is 10.5. The van der Waals surface area contributed by atoms with Crippen LogP contribution >= 0.6 is 0 Å². The molecule has 1 aromatic carbocycles. The minimum Gasteiger partial charge on any atom is -0.507 e. The van der Waals surface area contributed by atoms with Crippen LogP contribution < -0.4 is 0 Å². The van der Waals surface area contributed by atoms with Crippen LogP contribution in [-0.4, -0.2) is 46.6 Å². The van der Waals surface area contributed by atoms with Crippen molar-refractivity contribution in [3.05, 3.63) is 28.8 Å². The maximum Gasteiger partial charge on any atom is 0.123 e. The molecule has 1 N–H and O–H groups in total. The molecule has 146 valence electrons. The van der Waals surface area contributed by atoms with E-state index in [-0.39, 0.29) is 10.8 Å². The van der Waals surface area contributed by atoms with E-state index in [9.17, 15) is 5.11 Å². The van der Waals surface area contributed by atoms with E-state index < -0.39 is 0 Å². The number of rotatable bonds is 2. The predicted molar refractivity (Wildman–Crippen MR) is 110 cm³/mol. The smallest absolute Gasteiger partial charge is 0.123 e. The molecule has 0 aromatic heterocycles. The Morgan fingerprint density at radius 1 is 0.962 bits per heavy atom. The lowest BCUT2D eigenvalue weighted by atomic mass is 9.78. The number of aromatic hydroxyl groups is 1. The highest BCUT2D eigenvalue weighted by molar-refractivity contribution is 5.49. The number of benzene rings is 1. The molecule has 1 aromatic rings. The fourth-order valence-corrected chi connectivity index (χ4v) is 4.77. The zero-order valence-electron chi connectivity index (χ0n) is 17.9. The van der Waals surface area contributed by atoms with Gasteiger partial charge in [0.1, 0.15) is 5.75 Å². The molecule has 3 nitrogen and oxygen atoms in total. The molecule has 0 amide bonds. The van der Waals surface area contributed by atoms with Crippen LogP contribution in [0.15, 0.2) is 12.1 Å². The molecule has 3 heteroatoms. The van der Waals surface area contributed by atoms with E-state index in [1.807, 2.05) is 0 Å². The van der Waals surface area contributed by atoms with Crippen molar-refractivity contribution in [1.82, 2.24) is 9.80 Å². The highest BCUT2D eigenvalue weighted by atomic mass is 16.3. The molecular weight excluding hydrogens is 320 g/mol. The van der Waals surface area contributed by atoms with Gasteiger partial charge in [-0.15, -0.1) is 0 Å². The van der Waals surface area contributed by atoms with Gasteiger partial charge in [0.05, 0.1) is 0 Å². The first-order chi connectivity index (χ1) is 12.0. The average molecular weight is 359 g/mol. The predicted octanol–water partition coefficient (Wildman–Crippen LogP) is 4.66. The molecule has 0 aliphatic carbocycles. The second kappa shape index (κ2) is 6.83. The van der Waals surface area contributed by atoms with Gasteiger partial charge >= 0.3 is 0 Å². The van der Waals surface area contributed by atoms with Crippen molar-refractivity contribution in [2.45, 2.75) is 90.8 Å². The molecule has 2 heterocycles. The summed E-state index contributed by atoms with van der Waals surface area (Å²) in [6.45, 7) is 20.2. The third kappa shape index (κ3) is 3.80. The standard InChI is InChI=1S/C23H38N2O/c1-16-20-9-8-10-24(20)11-12-25(16)15-17-13-18(22(2,3)4)21(26)19(14-17)23(5,6)7/h13-14,16,20,26H,8-12,15H2,1-7H3/t16-,20+/m1/s1. The van der Waals surface area contributed by atoms with E-state index in [1.165, 1.54) is 31.5 Å². The molecule has 2 saturated heterocycles. The Balaban J connectivity index is 1.92. The van der Waals surface area contributed by atoms with E-state index >= 15 is 0 Å². The van der Waals surface area contributed by atoms with Crippen LogP contribution in [0.3, 0.4) is 0 Å². The lowest BCUT2D eigenvalue weighted by Gasteiger charge is -2.43. The van der Waals surface area contributed by atoms with Gasteiger partial charge in [0.25, 0.3) is 0 Å². The molecule has 0 radical (unpaired) electrons. The van der Waals surface area contributed by atoms with Crippen LogP contribution in [0.4, 0.5) is 0 Å². The zero-order valence-corrected chi connectivity index (χ0v) is 17.9. The van der Waals surface area contributed by atoms with Crippen molar-refractivity contribution in [2.75, 3.05) is 19.6 Å². The Labute approximate surface area is 160 Å². The summed E-state index contributed by atoms with van der Waals surface area (Å²) in [5.41, 5.74) is 3.38. The lowest BCUT2D eigenvalue weighted by Crippen LogP contribution is -2.55. The van der Waals surface area contributed by atoms with Crippen LogP contribution in [0.1, 0.15) is 78.0 Å². The van der Waals surface area contributed by atoms with Crippen molar-refractivity contribution in [2.24, 2.45) is 0 Å². The summed E-state index contributed by atoms with van der Waals surface area (Å²) in [7, 11) is 0. The molecule has 2 aliphatic heterocycles. The zero-order chi connectivity index (χ0) is 19.3. The van der Waals surface area contributed by atoms with Crippen molar-refractivity contribution >= 4 is 0 Å². The SMILES string of the molecule is C[C@@H]1[C@@H]2CCCN2CCN1Cc1cc(C(C)(C)C)c(O)c(C(C)(C)C)c1. The van der Waals surface area contributed by atoms with Crippen molar-refractivity contribution in [3.8, 4) is 5.75 Å². The van der Waals surface area contributed by atoms with E-state index in [2.05, 4.69) is 70.4 Å². The number of fused-ring (bicyclic) bond motifs is 1. The maximum atomic E-state index is 10.9. The minimum absolute atomic E-state index is 0.0597. The largest absolute Gasteiger partial charge is 0.507 e. The molecular formula is C23H38N2O. The Kier molecular flexibility index (Phi) is 5.18. The number of nitrogens with zero attached hydrogens (tertiary/aromatic N) is 2. The Hall–Kier alpha value is -1.06. The first-order valence-electron chi connectivity index (χ1n) is 10.3. The van der Waals surface area contributed by atoms with Gasteiger partial charge in [-0.25, -0.2) is 0 Å². The van der Waals surface area contributed by atoms with Gasteiger partial charge in [-0.3, -0.25) is 9.80 Å². The third-order valence-corrected chi connectivity index (χ3v) is 6.39. The number of piperazine rings is 1. The molecule has 0 spiro atoms. The number of phenols is 1. The van der Waals surface area contributed by atoms with Crippen LogP contribution in [-0.2, 0) is 17.4 Å². The molecule has 2 fully saturated rings. The first kappa shape index (κ1) is 19.7. The van der Waals surface area contributed by atoms with Gasteiger partial charge in [-0.2, -0.15) is 0 Å². The van der Waals surface area contributed by atoms with Crippen molar-refractivity contribution < 1.29 is 5.11 Å². The summed E-state index contributed by atoms with van der Waals surface area (Å²) in [6.07, 6.45) is 2.69. The van der Waals surface area contributed by atoms with Gasteiger partial charge in [-0.05, 0) is 53.8 Å². The minimum atomic E-state index is -0.0597. The highest BCUT2D eigenvalue weighted by Gasteiger charge is 2.36. The van der Waals surface area contributed by atoms with Crippen LogP contribution in [0.25, 0.3) is 0 Å². The number of phenolic OH excluding ortho intramolecular Hbond substituents is 1. The third-order valence-electron chi connectivity index (χ3n) is 6.39. The highest BCUT2D eigenvalue weighted by Crippen LogP contribution is 2.40. The fraction of sp³-hybridized carbons (Fsp3) is 0.739. The summed E-state index contributed by atoms with van der Waals surface area (Å²) in [5.74, 6) is 0.488. The Bertz CT molecular complexity index is 618. The monoisotopic (exact) mass is 358 g/mol. The van der Waals surface area contributed by atoms with Gasteiger partial charge < -0.3 is 5.11 Å². The number of hydrogen-bond donors (Lipinski definition) is 1. The molecule has 3 rings (SSSR count). The fourth-order valence-electron chi connectivity index (χ4n) is 4.77. The average Bonchev–Trinajstić information content (AvgIpc) is 2.98. The summed E-state index contributed by atoms with van der Waals surface area (Å²) in [6, 6.07) is 5.83. The lowest BCUT2D eigenvalue weighted by molar-refractivity contribution is 0.0470. The maximum absolute atomic E-state index is 10.9. The Morgan fingerprint density at radius 3 is 2.08 bits per heavy atom. The molecule has 0 bridgehead atoms. The quantitative estimate of drug-likeness (QED) is 0.833. The topological polar surface area (TPSA) is 26.7 Å². The molecule has 2 aliphatic rings. The van der Waals surface area contributed by atoms with Crippen LogP contribution in [0.2, 0.25) is 0 Å². The summed E-state index contributed by atoms with van der Waals surface area (Å²) >= 11 is 0. The first-order valence-corrected chi connectivity index (χ1v) is 10.3. The van der Waals surface area contributed by atoms with E-state index in [0.717, 1.165) is 30.3 Å². The normalized spacial score (nSPS) is 25.5. The second-order valence-electron chi connectivity index (χ2n) is 10.5. The van der Waals surface area contributed by atoms with E-state index in [0.29, 0.717) is 11.8 Å². The Morgan fingerprint density at radius 2 is 1.54 bits per heavy atom.